The highest BCUT2D eigenvalue weighted by Crippen LogP contribution is 2.08. The normalized spacial score (nSPS) is 32.3. The lowest BCUT2D eigenvalue weighted by Crippen LogP contribution is -2.12. The summed E-state index contributed by atoms with van der Waals surface area (Å²) in [6.45, 7) is 1.87. The maximum Gasteiger partial charge on any atom is 0.331 e. The Labute approximate surface area is 174 Å². The number of aliphatic hydroxyl groups is 2. The Morgan fingerprint density at radius 3 is 2.48 bits per heavy atom. The van der Waals surface area contributed by atoms with Crippen LogP contribution in [0.15, 0.2) is 60.8 Å². The Morgan fingerprint density at radius 1 is 0.931 bits per heavy atom. The van der Waals surface area contributed by atoms with Crippen molar-refractivity contribution in [1.29, 1.82) is 0 Å². The van der Waals surface area contributed by atoms with Gasteiger partial charge >= 0.3 is 5.97 Å². The highest BCUT2D eigenvalue weighted by Gasteiger charge is 2.09. The van der Waals surface area contributed by atoms with E-state index in [1.54, 1.807) is 42.5 Å². The van der Waals surface area contributed by atoms with E-state index >= 15 is 0 Å². The van der Waals surface area contributed by atoms with E-state index in [0.717, 1.165) is 19.3 Å². The predicted molar refractivity (Wildman–Crippen MR) is 115 cm³/mol. The van der Waals surface area contributed by atoms with Crippen LogP contribution in [0.5, 0.6) is 0 Å². The van der Waals surface area contributed by atoms with Crippen molar-refractivity contribution in [3.05, 3.63) is 60.8 Å². The number of hydrogen-bond acceptors (Lipinski definition) is 5. The second kappa shape index (κ2) is 15.7. The van der Waals surface area contributed by atoms with Crippen LogP contribution in [0.25, 0.3) is 0 Å². The molecule has 3 unspecified atom stereocenters. The maximum atomic E-state index is 11.9. The number of esters is 1. The molecule has 1 aliphatic heterocycles. The second-order valence-corrected chi connectivity index (χ2v) is 7.22. The monoisotopic (exact) mass is 402 g/mol. The van der Waals surface area contributed by atoms with E-state index in [2.05, 4.69) is 0 Å². The van der Waals surface area contributed by atoms with Gasteiger partial charge in [-0.05, 0) is 45.4 Å². The summed E-state index contributed by atoms with van der Waals surface area (Å²) in [5.74, 6) is -0.324. The first kappa shape index (κ1) is 24.8. The molecule has 0 aliphatic carbocycles. The fraction of sp³-hybridized carbons (Fsp3) is 0.500. The number of ether oxygens (including phenoxy) is 1. The summed E-state index contributed by atoms with van der Waals surface area (Å²) in [5.41, 5.74) is 0. The van der Waals surface area contributed by atoms with E-state index in [1.807, 2.05) is 19.1 Å². The van der Waals surface area contributed by atoms with Gasteiger partial charge in [0, 0.05) is 18.9 Å². The first-order chi connectivity index (χ1) is 14.0. The third-order valence-corrected chi connectivity index (χ3v) is 4.36. The van der Waals surface area contributed by atoms with Crippen molar-refractivity contribution in [3.63, 3.8) is 0 Å². The van der Waals surface area contributed by atoms with Gasteiger partial charge in [0.05, 0.1) is 18.3 Å². The molecule has 0 spiro atoms. The Morgan fingerprint density at radius 2 is 1.66 bits per heavy atom. The molecule has 1 aliphatic rings. The van der Waals surface area contributed by atoms with Crippen molar-refractivity contribution >= 4 is 11.8 Å². The van der Waals surface area contributed by atoms with Crippen molar-refractivity contribution in [2.75, 3.05) is 0 Å². The molecule has 160 valence electrons. The number of carbonyl (C=O) groups is 2. The molecule has 0 saturated carbocycles. The smallest absolute Gasteiger partial charge is 0.331 e. The van der Waals surface area contributed by atoms with Crippen LogP contribution in [0.2, 0.25) is 0 Å². The molecular weight excluding hydrogens is 368 g/mol. The predicted octanol–water partition coefficient (Wildman–Crippen LogP) is 4.12. The fourth-order valence-electron chi connectivity index (χ4n) is 2.76. The van der Waals surface area contributed by atoms with E-state index in [0.29, 0.717) is 25.7 Å². The number of rotatable bonds is 0. The molecule has 0 aromatic rings. The average molecular weight is 403 g/mol. The Hall–Kier alpha value is -2.24. The van der Waals surface area contributed by atoms with Crippen LogP contribution in [-0.4, -0.2) is 40.3 Å². The van der Waals surface area contributed by atoms with Crippen LogP contribution in [0.1, 0.15) is 58.3 Å². The van der Waals surface area contributed by atoms with Crippen molar-refractivity contribution < 1.29 is 24.5 Å². The molecule has 0 radical (unpaired) electrons. The summed E-state index contributed by atoms with van der Waals surface area (Å²) >= 11 is 0. The molecule has 5 heteroatoms. The molecule has 0 saturated heterocycles. The SMILES string of the molecule is CC1CCC/C=C/CCC(=O)CC(O)C/C=C/C=C/C(O)C/C=C/C=C/C(=O)O1. The van der Waals surface area contributed by atoms with Gasteiger partial charge in [-0.3, -0.25) is 4.79 Å². The number of Topliss-reactive ketones (excluding diaryl/α,β-unsaturated/α-hetero) is 1. The number of ketones is 1. The minimum atomic E-state index is -0.675. The minimum absolute atomic E-state index is 0.0522. The van der Waals surface area contributed by atoms with Gasteiger partial charge in [-0.2, -0.15) is 0 Å². The molecule has 0 aromatic heterocycles. The molecule has 2 N–H and O–H groups in total. The van der Waals surface area contributed by atoms with Crippen LogP contribution in [0.3, 0.4) is 0 Å². The topological polar surface area (TPSA) is 83.8 Å². The minimum Gasteiger partial charge on any atom is -0.460 e. The van der Waals surface area contributed by atoms with Crippen LogP contribution >= 0.6 is 0 Å². The third kappa shape index (κ3) is 14.4. The van der Waals surface area contributed by atoms with Gasteiger partial charge in [-0.15, -0.1) is 0 Å². The Balaban J connectivity index is 2.61. The zero-order valence-electron chi connectivity index (χ0n) is 17.3. The molecule has 3 atom stereocenters. The van der Waals surface area contributed by atoms with Crippen molar-refractivity contribution in [3.8, 4) is 0 Å². The number of allylic oxidation sites excluding steroid dienone is 6. The van der Waals surface area contributed by atoms with Gasteiger partial charge in [-0.1, -0.05) is 54.7 Å². The zero-order valence-corrected chi connectivity index (χ0v) is 17.3. The Bertz CT molecular complexity index is 627. The summed E-state index contributed by atoms with van der Waals surface area (Å²) in [7, 11) is 0. The lowest BCUT2D eigenvalue weighted by Gasteiger charge is -2.10. The summed E-state index contributed by atoms with van der Waals surface area (Å²) in [6, 6.07) is 0. The van der Waals surface area contributed by atoms with E-state index in [9.17, 15) is 19.8 Å². The summed E-state index contributed by atoms with van der Waals surface area (Å²) in [6.07, 6.45) is 20.5. The highest BCUT2D eigenvalue weighted by molar-refractivity contribution is 5.82. The van der Waals surface area contributed by atoms with Gasteiger partial charge in [-0.25, -0.2) is 4.79 Å². The number of carbonyl (C=O) groups excluding carboxylic acids is 2. The van der Waals surface area contributed by atoms with Crippen LogP contribution < -0.4 is 0 Å². The van der Waals surface area contributed by atoms with Crippen molar-refractivity contribution in [2.24, 2.45) is 0 Å². The van der Waals surface area contributed by atoms with E-state index in [4.69, 9.17) is 4.74 Å². The molecule has 1 rings (SSSR count). The molecule has 1 heterocycles. The largest absolute Gasteiger partial charge is 0.460 e. The second-order valence-electron chi connectivity index (χ2n) is 7.22. The number of cyclic esters (lactones) is 1. The average Bonchev–Trinajstić information content (AvgIpc) is 2.65. The van der Waals surface area contributed by atoms with Gasteiger partial charge in [0.2, 0.25) is 0 Å². The van der Waals surface area contributed by atoms with Gasteiger partial charge in [0.1, 0.15) is 5.78 Å². The quantitative estimate of drug-likeness (QED) is 0.470. The Kier molecular flexibility index (Phi) is 13.4. The standard InChI is InChI=1S/C24H34O5/c1-20-13-7-3-2-4-8-16-22(26)19-23(27)17-11-5-9-14-21(25)15-10-6-12-18-24(28)29-20/h2,4-6,9-12,14,18,20-21,23,25,27H,3,7-8,13,15-17,19H2,1H3/b4-2+,10-6+,11-5+,14-9+,18-12+. The van der Waals surface area contributed by atoms with Gasteiger partial charge in [0.25, 0.3) is 0 Å². The van der Waals surface area contributed by atoms with Gasteiger partial charge < -0.3 is 14.9 Å². The first-order valence-corrected chi connectivity index (χ1v) is 10.4. The molecule has 0 aromatic carbocycles. The van der Waals surface area contributed by atoms with Gasteiger partial charge in [0.15, 0.2) is 0 Å². The summed E-state index contributed by atoms with van der Waals surface area (Å²) in [4.78, 5) is 23.6. The number of aliphatic hydroxyl groups excluding tert-OH is 2. The number of hydrogen-bond donors (Lipinski definition) is 2. The summed E-state index contributed by atoms with van der Waals surface area (Å²) in [5, 5.41) is 19.8. The molecule has 0 amide bonds. The lowest BCUT2D eigenvalue weighted by molar-refractivity contribution is -0.142. The molecule has 5 nitrogen and oxygen atoms in total. The third-order valence-electron chi connectivity index (χ3n) is 4.36. The van der Waals surface area contributed by atoms with E-state index in [1.165, 1.54) is 6.08 Å². The zero-order chi connectivity index (χ0) is 21.3. The fourth-order valence-corrected chi connectivity index (χ4v) is 2.76. The van der Waals surface area contributed by atoms with Crippen LogP contribution in [0, 0.1) is 0 Å². The molecule has 0 fully saturated rings. The summed E-state index contributed by atoms with van der Waals surface area (Å²) < 4.78 is 5.31. The maximum absolute atomic E-state index is 11.9. The van der Waals surface area contributed by atoms with E-state index in [-0.39, 0.29) is 24.3 Å². The molecule has 29 heavy (non-hydrogen) atoms. The lowest BCUT2D eigenvalue weighted by atomic mass is 10.1. The van der Waals surface area contributed by atoms with Crippen LogP contribution in [0.4, 0.5) is 0 Å². The van der Waals surface area contributed by atoms with Crippen molar-refractivity contribution in [2.45, 2.75) is 76.6 Å². The first-order valence-electron chi connectivity index (χ1n) is 10.4. The van der Waals surface area contributed by atoms with Crippen LogP contribution in [-0.2, 0) is 14.3 Å². The molecule has 0 bridgehead atoms. The van der Waals surface area contributed by atoms with Crippen molar-refractivity contribution in [1.82, 2.24) is 0 Å². The highest BCUT2D eigenvalue weighted by atomic mass is 16.5. The molecular formula is C24H34O5. The van der Waals surface area contributed by atoms with E-state index < -0.39 is 12.2 Å².